The molecule has 0 fully saturated rings. The van der Waals surface area contributed by atoms with E-state index in [-0.39, 0.29) is 0 Å². The van der Waals surface area contributed by atoms with Crippen LogP contribution in [0.1, 0.15) is 13.8 Å². The molecule has 110 valence electrons. The van der Waals surface area contributed by atoms with E-state index in [1.54, 1.807) is 32.0 Å². The zero-order valence-corrected chi connectivity index (χ0v) is 13.6. The fraction of sp³-hybridized carbons (Fsp3) is 0.500. The number of hydrogen-bond acceptors (Lipinski definition) is 5. The van der Waals surface area contributed by atoms with Crippen LogP contribution in [0.4, 0.5) is 5.69 Å². The average molecular weight is 315 g/mol. The zero-order chi connectivity index (χ0) is 14.7. The second kappa shape index (κ2) is 6.59. The second-order valence-corrected chi connectivity index (χ2v) is 6.19. The number of nitrogens with one attached hydrogen (secondary N) is 1. The van der Waals surface area contributed by atoms with Gasteiger partial charge in [-0.05, 0) is 12.8 Å². The molecule has 2 atom stereocenters. The maximum absolute atomic E-state index is 6.10. The van der Waals surface area contributed by atoms with Gasteiger partial charge in [0.2, 0.25) is 0 Å². The van der Waals surface area contributed by atoms with Gasteiger partial charge in [0, 0.05) is 17.9 Å². The summed E-state index contributed by atoms with van der Waals surface area (Å²) in [5.74, 6) is 2.93. The van der Waals surface area contributed by atoms with Gasteiger partial charge in [-0.25, -0.2) is 0 Å². The summed E-state index contributed by atoms with van der Waals surface area (Å²) in [5, 5.41) is 4.73. The van der Waals surface area contributed by atoms with Gasteiger partial charge >= 0.3 is 0 Å². The molecule has 0 aromatic heterocycles. The molecule has 1 aromatic carbocycles. The highest BCUT2D eigenvalue weighted by Crippen LogP contribution is 2.37. The molecular weight excluding hydrogens is 296 g/mol. The van der Waals surface area contributed by atoms with E-state index in [1.807, 2.05) is 6.07 Å². The van der Waals surface area contributed by atoms with E-state index >= 15 is 0 Å². The Hall–Kier alpha value is -1.07. The molecule has 4 nitrogen and oxygen atoms in total. The Balaban J connectivity index is 2.26. The summed E-state index contributed by atoms with van der Waals surface area (Å²) < 4.78 is 10.6. The van der Waals surface area contributed by atoms with Crippen LogP contribution >= 0.6 is 23.4 Å². The van der Waals surface area contributed by atoms with Gasteiger partial charge in [-0.15, -0.1) is 0 Å². The molecule has 2 rings (SSSR count). The van der Waals surface area contributed by atoms with Crippen molar-refractivity contribution in [3.05, 3.63) is 17.2 Å². The molecule has 0 aliphatic carbocycles. The second-order valence-electron chi connectivity index (χ2n) is 4.78. The van der Waals surface area contributed by atoms with Crippen LogP contribution in [0.2, 0.25) is 5.02 Å². The first-order chi connectivity index (χ1) is 9.55. The molecular formula is C14H19ClN2O2S. The Labute approximate surface area is 128 Å². The summed E-state index contributed by atoms with van der Waals surface area (Å²) in [6, 6.07) is 3.88. The van der Waals surface area contributed by atoms with Crippen LogP contribution in [0.3, 0.4) is 0 Å². The molecule has 0 saturated carbocycles. The number of benzene rings is 1. The number of thioether (sulfide) groups is 1. The van der Waals surface area contributed by atoms with E-state index in [0.717, 1.165) is 16.6 Å². The lowest BCUT2D eigenvalue weighted by Gasteiger charge is -2.24. The first-order valence-electron chi connectivity index (χ1n) is 6.44. The normalized spacial score (nSPS) is 22.1. The number of hydrogen-bond donors (Lipinski definition) is 1. The van der Waals surface area contributed by atoms with E-state index < -0.39 is 0 Å². The Morgan fingerprint density at radius 1 is 1.25 bits per heavy atom. The largest absolute Gasteiger partial charge is 0.495 e. The molecule has 1 aliphatic heterocycles. The third kappa shape index (κ3) is 3.33. The van der Waals surface area contributed by atoms with Crippen LogP contribution in [0.25, 0.3) is 0 Å². The summed E-state index contributed by atoms with van der Waals surface area (Å²) >= 11 is 7.81. The number of anilines is 1. The summed E-state index contributed by atoms with van der Waals surface area (Å²) in [6.07, 6.45) is 0. The van der Waals surface area contributed by atoms with Crippen LogP contribution in [0.5, 0.6) is 11.5 Å². The first kappa shape index (κ1) is 15.3. The van der Waals surface area contributed by atoms with Crippen molar-refractivity contribution in [3.8, 4) is 11.5 Å². The third-order valence-electron chi connectivity index (χ3n) is 3.34. The van der Waals surface area contributed by atoms with Crippen molar-refractivity contribution >= 4 is 34.2 Å². The predicted octanol–water partition coefficient (Wildman–Crippen LogP) is 3.90. The van der Waals surface area contributed by atoms with Crippen molar-refractivity contribution in [2.75, 3.05) is 25.3 Å². The standard InChI is InChI=1S/C14H19ClN2O2S/c1-8-7-20-14(16-9(8)2)17-11-6-12(18-3)10(15)5-13(11)19-4/h5-6,8-9H,7H2,1-4H3,(H,16,17). The SMILES string of the molecule is COc1cc(NC2=NC(C)C(C)CS2)c(OC)cc1Cl. The number of aliphatic imine (C=N–C) groups is 1. The Kier molecular flexibility index (Phi) is 5.05. The minimum Gasteiger partial charge on any atom is -0.495 e. The maximum Gasteiger partial charge on any atom is 0.161 e. The highest BCUT2D eigenvalue weighted by molar-refractivity contribution is 8.14. The molecule has 0 amide bonds. The van der Waals surface area contributed by atoms with Crippen molar-refractivity contribution in [3.63, 3.8) is 0 Å². The fourth-order valence-corrected chi connectivity index (χ4v) is 3.19. The molecule has 0 bridgehead atoms. The van der Waals surface area contributed by atoms with Crippen LogP contribution in [0.15, 0.2) is 17.1 Å². The highest BCUT2D eigenvalue weighted by atomic mass is 35.5. The molecule has 1 aliphatic rings. The van der Waals surface area contributed by atoms with Gasteiger partial charge < -0.3 is 14.8 Å². The minimum atomic E-state index is 0.318. The lowest BCUT2D eigenvalue weighted by atomic mass is 10.1. The molecule has 1 heterocycles. The molecule has 2 unspecified atom stereocenters. The van der Waals surface area contributed by atoms with E-state index in [4.69, 9.17) is 21.1 Å². The number of nitrogens with zero attached hydrogens (tertiary/aromatic N) is 1. The van der Waals surface area contributed by atoms with Crippen LogP contribution in [0, 0.1) is 5.92 Å². The van der Waals surface area contributed by atoms with Gasteiger partial charge in [0.25, 0.3) is 0 Å². The zero-order valence-electron chi connectivity index (χ0n) is 12.1. The Morgan fingerprint density at radius 3 is 2.55 bits per heavy atom. The molecule has 0 saturated heterocycles. The molecule has 1 N–H and O–H groups in total. The molecule has 6 heteroatoms. The van der Waals surface area contributed by atoms with Crippen molar-refractivity contribution in [2.24, 2.45) is 10.9 Å². The Bertz CT molecular complexity index is 522. The van der Waals surface area contributed by atoms with Crippen molar-refractivity contribution in [1.29, 1.82) is 0 Å². The lowest BCUT2D eigenvalue weighted by molar-refractivity contribution is 0.405. The van der Waals surface area contributed by atoms with E-state index in [1.165, 1.54) is 0 Å². The first-order valence-corrected chi connectivity index (χ1v) is 7.80. The molecule has 20 heavy (non-hydrogen) atoms. The summed E-state index contributed by atoms with van der Waals surface area (Å²) in [7, 11) is 3.21. The fourth-order valence-electron chi connectivity index (χ4n) is 1.84. The van der Waals surface area contributed by atoms with Crippen LogP contribution < -0.4 is 14.8 Å². The molecule has 1 aromatic rings. The van der Waals surface area contributed by atoms with Crippen LogP contribution in [-0.4, -0.2) is 31.2 Å². The quantitative estimate of drug-likeness (QED) is 0.919. The van der Waals surface area contributed by atoms with Crippen LogP contribution in [-0.2, 0) is 0 Å². The highest BCUT2D eigenvalue weighted by Gasteiger charge is 2.20. The van der Waals surface area contributed by atoms with E-state index in [0.29, 0.717) is 28.5 Å². The topological polar surface area (TPSA) is 42.8 Å². The van der Waals surface area contributed by atoms with Gasteiger partial charge in [-0.3, -0.25) is 4.99 Å². The molecule has 0 radical (unpaired) electrons. The minimum absolute atomic E-state index is 0.318. The van der Waals surface area contributed by atoms with Crippen molar-refractivity contribution in [1.82, 2.24) is 0 Å². The van der Waals surface area contributed by atoms with E-state index in [2.05, 4.69) is 24.2 Å². The predicted molar refractivity (Wildman–Crippen MR) is 86.7 cm³/mol. The van der Waals surface area contributed by atoms with Gasteiger partial charge in [0.15, 0.2) is 5.17 Å². The van der Waals surface area contributed by atoms with Gasteiger partial charge in [-0.1, -0.05) is 30.3 Å². The number of amidine groups is 1. The maximum atomic E-state index is 6.10. The smallest absolute Gasteiger partial charge is 0.161 e. The monoisotopic (exact) mass is 314 g/mol. The van der Waals surface area contributed by atoms with E-state index in [9.17, 15) is 0 Å². The van der Waals surface area contributed by atoms with Gasteiger partial charge in [-0.2, -0.15) is 0 Å². The number of halogens is 1. The van der Waals surface area contributed by atoms with Crippen molar-refractivity contribution < 1.29 is 9.47 Å². The average Bonchev–Trinajstić information content (AvgIpc) is 2.44. The Morgan fingerprint density at radius 2 is 1.95 bits per heavy atom. The van der Waals surface area contributed by atoms with Crippen molar-refractivity contribution in [2.45, 2.75) is 19.9 Å². The number of methoxy groups -OCH3 is 2. The number of rotatable bonds is 3. The van der Waals surface area contributed by atoms with Gasteiger partial charge in [0.05, 0.1) is 31.0 Å². The summed E-state index contributed by atoms with van der Waals surface area (Å²) in [4.78, 5) is 4.65. The van der Waals surface area contributed by atoms with Gasteiger partial charge in [0.1, 0.15) is 11.5 Å². The lowest BCUT2D eigenvalue weighted by Crippen LogP contribution is -2.25. The molecule has 0 spiro atoms. The third-order valence-corrected chi connectivity index (χ3v) is 4.81. The summed E-state index contributed by atoms with van der Waals surface area (Å²) in [6.45, 7) is 4.34. The summed E-state index contributed by atoms with van der Waals surface area (Å²) in [5.41, 5.74) is 0.807. The number of ether oxygens (including phenoxy) is 2.